The van der Waals surface area contributed by atoms with Gasteiger partial charge in [0, 0.05) is 39.4 Å². The standard InChI is InChI=1S/C19H24F3N5O/c1-26(2)17-9-10-23-18(25-17)24-15-4-3-11-27(13-15)12-14-5-7-16(8-6-14)28-19(20,21)22/h5-10,15H,3-4,11-13H2,1-2H3,(H,23,24,25). The maximum absolute atomic E-state index is 12.3. The van der Waals surface area contributed by atoms with Crippen LogP contribution in [0.3, 0.4) is 0 Å². The van der Waals surface area contributed by atoms with Crippen molar-refractivity contribution >= 4 is 11.8 Å². The summed E-state index contributed by atoms with van der Waals surface area (Å²) >= 11 is 0. The molecule has 9 heteroatoms. The third-order valence-electron chi connectivity index (χ3n) is 4.50. The van der Waals surface area contributed by atoms with Crippen LogP contribution in [-0.2, 0) is 6.54 Å². The Labute approximate surface area is 162 Å². The fraction of sp³-hybridized carbons (Fsp3) is 0.474. The van der Waals surface area contributed by atoms with E-state index in [0.29, 0.717) is 12.5 Å². The van der Waals surface area contributed by atoms with Crippen molar-refractivity contribution in [1.29, 1.82) is 0 Å². The Bertz CT molecular complexity index is 767. The van der Waals surface area contributed by atoms with Crippen LogP contribution < -0.4 is 15.0 Å². The fourth-order valence-corrected chi connectivity index (χ4v) is 3.22. The van der Waals surface area contributed by atoms with Gasteiger partial charge in [0.25, 0.3) is 0 Å². The molecule has 1 aliphatic heterocycles. The first-order chi connectivity index (χ1) is 13.3. The van der Waals surface area contributed by atoms with Gasteiger partial charge in [0.2, 0.25) is 5.95 Å². The molecule has 6 nitrogen and oxygen atoms in total. The molecule has 1 aliphatic rings. The number of nitrogens with one attached hydrogen (secondary N) is 1. The first-order valence-electron chi connectivity index (χ1n) is 9.12. The van der Waals surface area contributed by atoms with E-state index in [0.717, 1.165) is 37.3 Å². The summed E-state index contributed by atoms with van der Waals surface area (Å²) in [6.45, 7) is 2.43. The number of likely N-dealkylation sites (tertiary alicyclic amines) is 1. The molecule has 0 spiro atoms. The molecule has 28 heavy (non-hydrogen) atoms. The fourth-order valence-electron chi connectivity index (χ4n) is 3.22. The highest BCUT2D eigenvalue weighted by molar-refractivity contribution is 5.41. The minimum absolute atomic E-state index is 0.202. The summed E-state index contributed by atoms with van der Waals surface area (Å²) in [7, 11) is 3.86. The molecule has 1 atom stereocenters. The van der Waals surface area contributed by atoms with E-state index in [4.69, 9.17) is 0 Å². The molecule has 0 bridgehead atoms. The average molecular weight is 395 g/mol. The maximum Gasteiger partial charge on any atom is 0.573 e. The van der Waals surface area contributed by atoms with Gasteiger partial charge < -0.3 is 15.0 Å². The maximum atomic E-state index is 12.3. The van der Waals surface area contributed by atoms with Crippen LogP contribution in [0.1, 0.15) is 18.4 Å². The lowest BCUT2D eigenvalue weighted by molar-refractivity contribution is -0.274. The van der Waals surface area contributed by atoms with Crippen LogP contribution in [0.25, 0.3) is 0 Å². The molecule has 1 aromatic heterocycles. The molecular formula is C19H24F3N5O. The Kier molecular flexibility index (Phi) is 6.23. The van der Waals surface area contributed by atoms with E-state index in [1.54, 1.807) is 18.3 Å². The predicted molar refractivity (Wildman–Crippen MR) is 101 cm³/mol. The van der Waals surface area contributed by atoms with Crippen LogP contribution >= 0.6 is 0 Å². The number of rotatable bonds is 6. The Balaban J connectivity index is 1.55. The Morgan fingerprint density at radius 1 is 1.21 bits per heavy atom. The van der Waals surface area contributed by atoms with Crippen molar-refractivity contribution in [2.24, 2.45) is 0 Å². The van der Waals surface area contributed by atoms with Gasteiger partial charge in [0.05, 0.1) is 0 Å². The second kappa shape index (κ2) is 8.64. The van der Waals surface area contributed by atoms with Crippen molar-refractivity contribution in [1.82, 2.24) is 14.9 Å². The van der Waals surface area contributed by atoms with Gasteiger partial charge in [-0.25, -0.2) is 4.98 Å². The molecule has 2 heterocycles. The van der Waals surface area contributed by atoms with Crippen LogP contribution in [-0.4, -0.2) is 54.5 Å². The van der Waals surface area contributed by atoms with Gasteiger partial charge in [-0.05, 0) is 43.1 Å². The molecule has 2 aromatic rings. The second-order valence-corrected chi connectivity index (χ2v) is 7.04. The van der Waals surface area contributed by atoms with Crippen LogP contribution in [0.15, 0.2) is 36.5 Å². The molecular weight excluding hydrogens is 371 g/mol. The van der Waals surface area contributed by atoms with Crippen molar-refractivity contribution in [2.75, 3.05) is 37.4 Å². The molecule has 0 radical (unpaired) electrons. The number of hydrogen-bond donors (Lipinski definition) is 1. The first kappa shape index (κ1) is 20.2. The molecule has 0 amide bonds. The summed E-state index contributed by atoms with van der Waals surface area (Å²) in [5.41, 5.74) is 0.945. The number of anilines is 2. The summed E-state index contributed by atoms with van der Waals surface area (Å²) in [6, 6.07) is 8.11. The molecule has 1 aromatic carbocycles. The summed E-state index contributed by atoms with van der Waals surface area (Å²) in [5, 5.41) is 3.39. The molecule has 1 fully saturated rings. The molecule has 152 valence electrons. The number of halogens is 3. The van der Waals surface area contributed by atoms with E-state index in [1.165, 1.54) is 12.1 Å². The number of piperidine rings is 1. The van der Waals surface area contributed by atoms with Crippen LogP contribution in [0.2, 0.25) is 0 Å². The van der Waals surface area contributed by atoms with Gasteiger partial charge in [-0.3, -0.25) is 4.90 Å². The minimum Gasteiger partial charge on any atom is -0.406 e. The van der Waals surface area contributed by atoms with E-state index in [1.807, 2.05) is 25.1 Å². The molecule has 1 N–H and O–H groups in total. The van der Waals surface area contributed by atoms with E-state index >= 15 is 0 Å². The number of hydrogen-bond acceptors (Lipinski definition) is 6. The molecule has 0 saturated carbocycles. The Hall–Kier alpha value is -2.55. The Morgan fingerprint density at radius 2 is 1.96 bits per heavy atom. The average Bonchev–Trinajstić information content (AvgIpc) is 2.63. The summed E-state index contributed by atoms with van der Waals surface area (Å²) < 4.78 is 40.7. The normalized spacial score (nSPS) is 18.0. The molecule has 1 unspecified atom stereocenters. The van der Waals surface area contributed by atoms with E-state index in [9.17, 15) is 13.2 Å². The van der Waals surface area contributed by atoms with E-state index in [2.05, 4.69) is 24.9 Å². The monoisotopic (exact) mass is 395 g/mol. The van der Waals surface area contributed by atoms with Crippen molar-refractivity contribution in [3.8, 4) is 5.75 Å². The number of ether oxygens (including phenoxy) is 1. The molecule has 3 rings (SSSR count). The highest BCUT2D eigenvalue weighted by Gasteiger charge is 2.31. The van der Waals surface area contributed by atoms with Crippen molar-refractivity contribution in [3.05, 3.63) is 42.1 Å². The van der Waals surface area contributed by atoms with Gasteiger partial charge in [-0.2, -0.15) is 4.98 Å². The summed E-state index contributed by atoms with van der Waals surface area (Å²) in [6.07, 6.45) is -0.889. The first-order valence-corrected chi connectivity index (χ1v) is 9.12. The molecule has 1 saturated heterocycles. The third kappa shape index (κ3) is 5.98. The van der Waals surface area contributed by atoms with Crippen LogP contribution in [0.4, 0.5) is 24.9 Å². The largest absolute Gasteiger partial charge is 0.573 e. The lowest BCUT2D eigenvalue weighted by atomic mass is 10.0. The van der Waals surface area contributed by atoms with Crippen molar-refractivity contribution in [3.63, 3.8) is 0 Å². The highest BCUT2D eigenvalue weighted by Crippen LogP contribution is 2.24. The third-order valence-corrected chi connectivity index (χ3v) is 4.50. The van der Waals surface area contributed by atoms with Crippen molar-refractivity contribution in [2.45, 2.75) is 31.8 Å². The zero-order chi connectivity index (χ0) is 20.1. The van der Waals surface area contributed by atoms with Gasteiger partial charge in [-0.15, -0.1) is 13.2 Å². The number of nitrogens with zero attached hydrogens (tertiary/aromatic N) is 4. The predicted octanol–water partition coefficient (Wildman–Crippen LogP) is 3.52. The number of aromatic nitrogens is 2. The van der Waals surface area contributed by atoms with Crippen LogP contribution in [0, 0.1) is 0 Å². The minimum atomic E-state index is -4.67. The number of benzene rings is 1. The smallest absolute Gasteiger partial charge is 0.406 e. The summed E-state index contributed by atoms with van der Waals surface area (Å²) in [4.78, 5) is 13.0. The van der Waals surface area contributed by atoms with Gasteiger partial charge >= 0.3 is 6.36 Å². The quantitative estimate of drug-likeness (QED) is 0.808. The lowest BCUT2D eigenvalue weighted by Gasteiger charge is -2.33. The Morgan fingerprint density at radius 3 is 2.64 bits per heavy atom. The topological polar surface area (TPSA) is 53.5 Å². The zero-order valence-corrected chi connectivity index (χ0v) is 15.9. The highest BCUT2D eigenvalue weighted by atomic mass is 19.4. The molecule has 0 aliphatic carbocycles. The SMILES string of the molecule is CN(C)c1ccnc(NC2CCCN(Cc3ccc(OC(F)(F)F)cc3)C2)n1. The van der Waals surface area contributed by atoms with E-state index in [-0.39, 0.29) is 11.8 Å². The van der Waals surface area contributed by atoms with E-state index < -0.39 is 6.36 Å². The second-order valence-electron chi connectivity index (χ2n) is 7.04. The van der Waals surface area contributed by atoms with Gasteiger partial charge in [0.15, 0.2) is 0 Å². The zero-order valence-electron chi connectivity index (χ0n) is 15.9. The number of alkyl halides is 3. The van der Waals surface area contributed by atoms with Crippen molar-refractivity contribution < 1.29 is 17.9 Å². The van der Waals surface area contributed by atoms with Gasteiger partial charge in [0.1, 0.15) is 11.6 Å². The lowest BCUT2D eigenvalue weighted by Crippen LogP contribution is -2.41. The van der Waals surface area contributed by atoms with Gasteiger partial charge in [-0.1, -0.05) is 12.1 Å². The van der Waals surface area contributed by atoms with Crippen LogP contribution in [0.5, 0.6) is 5.75 Å². The summed E-state index contributed by atoms with van der Waals surface area (Å²) in [5.74, 6) is 1.24.